The van der Waals surface area contributed by atoms with E-state index in [0.717, 1.165) is 43.8 Å². The first-order chi connectivity index (χ1) is 12.7. The number of anilines is 1. The fourth-order valence-electron chi connectivity index (χ4n) is 3.35. The fourth-order valence-corrected chi connectivity index (χ4v) is 4.45. The number of thiophene rings is 1. The lowest BCUT2D eigenvalue weighted by molar-refractivity contribution is -0.126. The SMILES string of the molecule is C/C=C(\C)CN1CCC(Nc2nc(C)nc3sc(CC(F)(F)F)cc23)CC1. The van der Waals surface area contributed by atoms with Crippen LogP contribution in [-0.4, -0.2) is 46.7 Å². The van der Waals surface area contributed by atoms with E-state index < -0.39 is 12.6 Å². The number of hydrogen-bond donors (Lipinski definition) is 1. The molecule has 2 aromatic heterocycles. The molecule has 0 unspecified atom stereocenters. The number of nitrogens with one attached hydrogen (secondary N) is 1. The second-order valence-corrected chi connectivity index (χ2v) is 8.29. The number of hydrogen-bond acceptors (Lipinski definition) is 5. The van der Waals surface area contributed by atoms with E-state index in [0.29, 0.717) is 21.9 Å². The number of aryl methyl sites for hydroxylation is 1. The highest BCUT2D eigenvalue weighted by molar-refractivity contribution is 7.18. The number of piperidine rings is 1. The minimum absolute atomic E-state index is 0.274. The maximum atomic E-state index is 12.7. The van der Waals surface area contributed by atoms with E-state index >= 15 is 0 Å². The van der Waals surface area contributed by atoms with Crippen molar-refractivity contribution in [1.82, 2.24) is 14.9 Å². The number of nitrogens with zero attached hydrogens (tertiary/aromatic N) is 3. The van der Waals surface area contributed by atoms with E-state index in [2.05, 4.69) is 40.1 Å². The van der Waals surface area contributed by atoms with Crippen LogP contribution in [0.25, 0.3) is 10.2 Å². The van der Waals surface area contributed by atoms with Gasteiger partial charge >= 0.3 is 6.18 Å². The molecule has 1 saturated heterocycles. The monoisotopic (exact) mass is 398 g/mol. The van der Waals surface area contributed by atoms with Gasteiger partial charge in [-0.05, 0) is 39.7 Å². The Hall–Kier alpha value is -1.67. The zero-order chi connectivity index (χ0) is 19.6. The number of halogens is 3. The first-order valence-corrected chi connectivity index (χ1v) is 9.99. The number of alkyl halides is 3. The highest BCUT2D eigenvalue weighted by atomic mass is 32.1. The topological polar surface area (TPSA) is 41.0 Å². The highest BCUT2D eigenvalue weighted by Crippen LogP contribution is 2.33. The minimum atomic E-state index is -4.21. The van der Waals surface area contributed by atoms with Gasteiger partial charge in [-0.2, -0.15) is 13.2 Å². The molecule has 2 aromatic rings. The van der Waals surface area contributed by atoms with Crippen molar-refractivity contribution >= 4 is 27.4 Å². The van der Waals surface area contributed by atoms with Gasteiger partial charge in [0.05, 0.1) is 11.8 Å². The van der Waals surface area contributed by atoms with Crippen molar-refractivity contribution < 1.29 is 13.2 Å². The molecule has 0 aliphatic carbocycles. The normalized spacial score (nSPS) is 17.6. The van der Waals surface area contributed by atoms with Gasteiger partial charge in [0, 0.05) is 30.6 Å². The Labute approximate surface area is 161 Å². The van der Waals surface area contributed by atoms with Crippen LogP contribution in [0, 0.1) is 6.92 Å². The van der Waals surface area contributed by atoms with Crippen molar-refractivity contribution in [2.24, 2.45) is 0 Å². The Morgan fingerprint density at radius 3 is 2.67 bits per heavy atom. The number of rotatable bonds is 5. The Balaban J connectivity index is 1.71. The summed E-state index contributed by atoms with van der Waals surface area (Å²) in [6.07, 6.45) is -1.02. The molecule has 1 aliphatic heterocycles. The van der Waals surface area contributed by atoms with Gasteiger partial charge in [-0.3, -0.25) is 4.90 Å². The van der Waals surface area contributed by atoms with Crippen LogP contribution < -0.4 is 5.32 Å². The molecule has 0 atom stereocenters. The third-order valence-electron chi connectivity index (χ3n) is 4.82. The first-order valence-electron chi connectivity index (χ1n) is 9.18. The van der Waals surface area contributed by atoms with Crippen molar-refractivity contribution in [3.63, 3.8) is 0 Å². The summed E-state index contributed by atoms with van der Waals surface area (Å²) in [5, 5.41) is 4.15. The van der Waals surface area contributed by atoms with Crippen molar-refractivity contribution in [2.75, 3.05) is 25.0 Å². The summed E-state index contributed by atoms with van der Waals surface area (Å²) in [5.41, 5.74) is 1.37. The average molecular weight is 398 g/mol. The highest BCUT2D eigenvalue weighted by Gasteiger charge is 2.29. The first kappa shape index (κ1) is 20.1. The molecule has 0 amide bonds. The molecule has 1 aliphatic rings. The lowest BCUT2D eigenvalue weighted by Crippen LogP contribution is -2.39. The molecule has 0 bridgehead atoms. The molecular formula is C19H25F3N4S. The van der Waals surface area contributed by atoms with Crippen LogP contribution >= 0.6 is 11.3 Å². The van der Waals surface area contributed by atoms with Crippen LogP contribution in [0.2, 0.25) is 0 Å². The Bertz CT molecular complexity index is 820. The Kier molecular flexibility index (Phi) is 6.05. The van der Waals surface area contributed by atoms with Crippen molar-refractivity contribution in [2.45, 2.75) is 52.3 Å². The fraction of sp³-hybridized carbons (Fsp3) is 0.579. The van der Waals surface area contributed by atoms with Crippen molar-refractivity contribution in [3.8, 4) is 0 Å². The summed E-state index contributed by atoms with van der Waals surface area (Å²) in [4.78, 5) is 12.1. The lowest BCUT2D eigenvalue weighted by atomic mass is 10.0. The van der Waals surface area contributed by atoms with Crippen molar-refractivity contribution in [3.05, 3.63) is 28.4 Å². The molecule has 3 heterocycles. The Morgan fingerprint density at radius 1 is 1.33 bits per heavy atom. The predicted octanol–water partition coefficient (Wildman–Crippen LogP) is 4.95. The van der Waals surface area contributed by atoms with Gasteiger partial charge in [-0.15, -0.1) is 11.3 Å². The van der Waals surface area contributed by atoms with E-state index in [1.165, 1.54) is 5.57 Å². The number of allylic oxidation sites excluding steroid dienone is 1. The standard InChI is InChI=1S/C19H25F3N4S/c1-4-12(2)11-26-7-5-14(6-8-26)25-17-16-9-15(10-19(20,21)22)27-18(16)24-13(3)23-17/h4,9,14H,5-8,10-11H2,1-3H3,(H,23,24,25)/b12-4+. The zero-order valence-electron chi connectivity index (χ0n) is 15.9. The van der Waals surface area contributed by atoms with E-state index in [-0.39, 0.29) is 10.9 Å². The van der Waals surface area contributed by atoms with Crippen LogP contribution in [0.3, 0.4) is 0 Å². The van der Waals surface area contributed by atoms with Crippen LogP contribution in [-0.2, 0) is 6.42 Å². The molecule has 148 valence electrons. The molecule has 0 radical (unpaired) electrons. The lowest BCUT2D eigenvalue weighted by Gasteiger charge is -2.32. The van der Waals surface area contributed by atoms with Crippen LogP contribution in [0.15, 0.2) is 17.7 Å². The molecule has 27 heavy (non-hydrogen) atoms. The molecule has 1 fully saturated rings. The summed E-state index contributed by atoms with van der Waals surface area (Å²) in [6, 6.07) is 1.86. The summed E-state index contributed by atoms with van der Waals surface area (Å²) in [5.74, 6) is 1.23. The van der Waals surface area contributed by atoms with Gasteiger partial charge < -0.3 is 5.32 Å². The largest absolute Gasteiger partial charge is 0.393 e. The van der Waals surface area contributed by atoms with E-state index in [4.69, 9.17) is 0 Å². The number of likely N-dealkylation sites (tertiary alicyclic amines) is 1. The number of aromatic nitrogens is 2. The van der Waals surface area contributed by atoms with E-state index in [9.17, 15) is 13.2 Å². The summed E-state index contributed by atoms with van der Waals surface area (Å²) in [6.45, 7) is 8.96. The van der Waals surface area contributed by atoms with Crippen LogP contribution in [0.5, 0.6) is 0 Å². The maximum Gasteiger partial charge on any atom is 0.393 e. The molecular weight excluding hydrogens is 373 g/mol. The molecule has 0 spiro atoms. The summed E-state index contributed by atoms with van der Waals surface area (Å²) >= 11 is 1.10. The molecule has 1 N–H and O–H groups in total. The maximum absolute atomic E-state index is 12.7. The molecule has 0 aromatic carbocycles. The smallest absolute Gasteiger partial charge is 0.367 e. The quantitative estimate of drug-likeness (QED) is 0.724. The van der Waals surface area contributed by atoms with Crippen molar-refractivity contribution in [1.29, 1.82) is 0 Å². The van der Waals surface area contributed by atoms with Gasteiger partial charge in [-0.1, -0.05) is 11.6 Å². The van der Waals surface area contributed by atoms with E-state index in [1.807, 2.05) is 0 Å². The van der Waals surface area contributed by atoms with Gasteiger partial charge in [0.15, 0.2) is 0 Å². The molecule has 0 saturated carbocycles. The summed E-state index contributed by atoms with van der Waals surface area (Å²) in [7, 11) is 0. The molecule has 8 heteroatoms. The Morgan fingerprint density at radius 2 is 2.04 bits per heavy atom. The van der Waals surface area contributed by atoms with Gasteiger partial charge in [0.25, 0.3) is 0 Å². The summed E-state index contributed by atoms with van der Waals surface area (Å²) < 4.78 is 38.2. The third-order valence-corrected chi connectivity index (χ3v) is 5.85. The van der Waals surface area contributed by atoms with Crippen LogP contribution in [0.1, 0.15) is 37.4 Å². The third kappa shape index (κ3) is 5.42. The van der Waals surface area contributed by atoms with Gasteiger partial charge in [0.2, 0.25) is 0 Å². The zero-order valence-corrected chi connectivity index (χ0v) is 16.7. The molecule has 3 rings (SSSR count). The number of fused-ring (bicyclic) bond motifs is 1. The minimum Gasteiger partial charge on any atom is -0.367 e. The second kappa shape index (κ2) is 8.14. The molecule has 4 nitrogen and oxygen atoms in total. The van der Waals surface area contributed by atoms with E-state index in [1.54, 1.807) is 13.0 Å². The van der Waals surface area contributed by atoms with Gasteiger partial charge in [-0.25, -0.2) is 9.97 Å². The predicted molar refractivity (Wildman–Crippen MR) is 104 cm³/mol. The van der Waals surface area contributed by atoms with Gasteiger partial charge in [0.1, 0.15) is 16.5 Å². The average Bonchev–Trinajstić information content (AvgIpc) is 2.96. The van der Waals surface area contributed by atoms with Crippen LogP contribution in [0.4, 0.5) is 19.0 Å². The second-order valence-electron chi connectivity index (χ2n) is 7.17.